The van der Waals surface area contributed by atoms with Crippen molar-refractivity contribution in [3.05, 3.63) is 90.5 Å². The summed E-state index contributed by atoms with van der Waals surface area (Å²) in [6.45, 7) is 0.627. The highest BCUT2D eigenvalue weighted by molar-refractivity contribution is 5.98. The molecule has 3 aromatic carbocycles. The maximum absolute atomic E-state index is 13.0. The quantitative estimate of drug-likeness (QED) is 0.496. The second-order valence-electron chi connectivity index (χ2n) is 7.83. The molecule has 1 aliphatic heterocycles. The van der Waals surface area contributed by atoms with Crippen LogP contribution in [-0.2, 0) is 14.4 Å². The summed E-state index contributed by atoms with van der Waals surface area (Å²) in [6, 6.07) is 25.0. The van der Waals surface area contributed by atoms with Gasteiger partial charge in [-0.2, -0.15) is 0 Å². The maximum atomic E-state index is 13.0. The predicted octanol–water partition coefficient (Wildman–Crippen LogP) is 3.72. The fourth-order valence-electron chi connectivity index (χ4n) is 3.82. The second-order valence-corrected chi connectivity index (χ2v) is 7.83. The van der Waals surface area contributed by atoms with Gasteiger partial charge in [0.05, 0.1) is 6.54 Å². The Balaban J connectivity index is 1.41. The molecule has 0 radical (unpaired) electrons. The molecule has 0 spiro atoms. The van der Waals surface area contributed by atoms with Crippen molar-refractivity contribution in [1.82, 2.24) is 5.32 Å². The normalized spacial score (nSPS) is 14.1. The Bertz CT molecular complexity index is 1120. The Hall–Kier alpha value is -3.97. The molecule has 33 heavy (non-hydrogen) atoms. The molecule has 168 valence electrons. The second kappa shape index (κ2) is 10.6. The van der Waals surface area contributed by atoms with Gasteiger partial charge in [0.15, 0.2) is 0 Å². The molecule has 4 rings (SSSR count). The molecular formula is C26H26N4O3. The minimum Gasteiger partial charge on any atom is -0.325 e. The highest BCUT2D eigenvalue weighted by Gasteiger charge is 2.23. The number of carbonyl (C=O) groups excluding carboxylic acids is 3. The zero-order valence-electron chi connectivity index (χ0n) is 18.2. The zero-order valence-corrected chi connectivity index (χ0v) is 18.2. The van der Waals surface area contributed by atoms with Gasteiger partial charge in [-0.15, -0.1) is 0 Å². The summed E-state index contributed by atoms with van der Waals surface area (Å²) < 4.78 is 0. The number of rotatable bonds is 8. The van der Waals surface area contributed by atoms with Crippen molar-refractivity contribution >= 4 is 34.8 Å². The molecular weight excluding hydrogens is 416 g/mol. The minimum atomic E-state index is -0.703. The Labute approximate surface area is 192 Å². The van der Waals surface area contributed by atoms with E-state index in [1.165, 1.54) is 0 Å². The fraction of sp³-hybridized carbons (Fsp3) is 0.192. The molecule has 0 aromatic heterocycles. The number of carbonyl (C=O) groups is 3. The molecule has 1 atom stereocenters. The van der Waals surface area contributed by atoms with Crippen LogP contribution in [0.15, 0.2) is 84.9 Å². The van der Waals surface area contributed by atoms with Crippen molar-refractivity contribution in [2.75, 3.05) is 28.6 Å². The topological polar surface area (TPSA) is 90.5 Å². The standard InChI is InChI=1S/C26H26N4O3/c31-23(28-21-13-7-14-22(17-21)30-16-8-15-24(30)32)18-27-25(19-9-3-1-4-10-19)26(33)29-20-11-5-2-6-12-20/h1-7,9-14,17,25,27H,8,15-16,18H2,(H,28,31)(H,29,33)/t25-/m0/s1. The van der Waals surface area contributed by atoms with Crippen LogP contribution in [0, 0.1) is 0 Å². The van der Waals surface area contributed by atoms with E-state index in [9.17, 15) is 14.4 Å². The van der Waals surface area contributed by atoms with Crippen molar-refractivity contribution in [2.24, 2.45) is 0 Å². The molecule has 3 aromatic rings. The molecule has 3 amide bonds. The van der Waals surface area contributed by atoms with Gasteiger partial charge < -0.3 is 15.5 Å². The average Bonchev–Trinajstić information content (AvgIpc) is 3.26. The average molecular weight is 443 g/mol. The number of para-hydroxylation sites is 1. The number of hydrogen-bond acceptors (Lipinski definition) is 4. The fourth-order valence-corrected chi connectivity index (χ4v) is 3.82. The van der Waals surface area contributed by atoms with Crippen LogP contribution in [0.2, 0.25) is 0 Å². The summed E-state index contributed by atoms with van der Waals surface area (Å²) in [5, 5.41) is 8.80. The highest BCUT2D eigenvalue weighted by Crippen LogP contribution is 2.24. The van der Waals surface area contributed by atoms with Crippen LogP contribution in [0.1, 0.15) is 24.4 Å². The first kappa shape index (κ1) is 22.2. The van der Waals surface area contributed by atoms with Crippen molar-refractivity contribution in [3.8, 4) is 0 Å². The first-order valence-corrected chi connectivity index (χ1v) is 10.9. The maximum Gasteiger partial charge on any atom is 0.246 e. The van der Waals surface area contributed by atoms with Crippen LogP contribution in [0.25, 0.3) is 0 Å². The van der Waals surface area contributed by atoms with Crippen LogP contribution < -0.4 is 20.9 Å². The van der Waals surface area contributed by atoms with E-state index in [0.29, 0.717) is 24.3 Å². The van der Waals surface area contributed by atoms with E-state index in [2.05, 4.69) is 16.0 Å². The Morgan fingerprint density at radius 3 is 2.24 bits per heavy atom. The van der Waals surface area contributed by atoms with E-state index in [1.54, 1.807) is 17.0 Å². The van der Waals surface area contributed by atoms with Gasteiger partial charge in [0.25, 0.3) is 0 Å². The lowest BCUT2D eigenvalue weighted by Gasteiger charge is -2.19. The molecule has 0 saturated carbocycles. The van der Waals surface area contributed by atoms with Gasteiger partial charge in [0.2, 0.25) is 17.7 Å². The minimum absolute atomic E-state index is 0.0609. The third-order valence-corrected chi connectivity index (χ3v) is 5.42. The first-order valence-electron chi connectivity index (χ1n) is 10.9. The molecule has 1 aliphatic rings. The van der Waals surface area contributed by atoms with E-state index < -0.39 is 6.04 Å². The Morgan fingerprint density at radius 2 is 1.55 bits per heavy atom. The summed E-state index contributed by atoms with van der Waals surface area (Å²) in [7, 11) is 0. The third kappa shape index (κ3) is 5.84. The van der Waals surface area contributed by atoms with E-state index in [1.807, 2.05) is 72.8 Å². The molecule has 1 saturated heterocycles. The molecule has 1 fully saturated rings. The SMILES string of the molecule is O=C(CN[C@H](C(=O)Nc1ccccc1)c1ccccc1)Nc1cccc(N2CCCC2=O)c1. The van der Waals surface area contributed by atoms with Gasteiger partial charge in [-0.25, -0.2) is 0 Å². The summed E-state index contributed by atoms with van der Waals surface area (Å²) in [5.41, 5.74) is 2.81. The lowest BCUT2D eigenvalue weighted by molar-refractivity contribution is -0.119. The van der Waals surface area contributed by atoms with Crippen molar-refractivity contribution in [2.45, 2.75) is 18.9 Å². The van der Waals surface area contributed by atoms with Gasteiger partial charge in [-0.05, 0) is 42.3 Å². The van der Waals surface area contributed by atoms with Gasteiger partial charge in [0, 0.05) is 30.0 Å². The number of nitrogens with one attached hydrogen (secondary N) is 3. The predicted molar refractivity (Wildman–Crippen MR) is 129 cm³/mol. The van der Waals surface area contributed by atoms with Gasteiger partial charge >= 0.3 is 0 Å². The summed E-state index contributed by atoms with van der Waals surface area (Å²) in [4.78, 5) is 39.3. The lowest BCUT2D eigenvalue weighted by atomic mass is 10.1. The number of benzene rings is 3. The van der Waals surface area contributed by atoms with Gasteiger partial charge in [-0.1, -0.05) is 54.6 Å². The molecule has 7 nitrogen and oxygen atoms in total. The summed E-state index contributed by atoms with van der Waals surface area (Å²) in [5.74, 6) is -0.446. The zero-order chi connectivity index (χ0) is 23.0. The third-order valence-electron chi connectivity index (χ3n) is 5.42. The van der Waals surface area contributed by atoms with Crippen LogP contribution in [0.3, 0.4) is 0 Å². The largest absolute Gasteiger partial charge is 0.325 e. The Kier molecular flexibility index (Phi) is 7.12. The van der Waals surface area contributed by atoms with Crippen LogP contribution in [0.5, 0.6) is 0 Å². The van der Waals surface area contributed by atoms with Crippen molar-refractivity contribution < 1.29 is 14.4 Å². The molecule has 3 N–H and O–H groups in total. The lowest BCUT2D eigenvalue weighted by Crippen LogP contribution is -2.37. The molecule has 0 bridgehead atoms. The molecule has 1 heterocycles. The van der Waals surface area contributed by atoms with E-state index in [4.69, 9.17) is 0 Å². The summed E-state index contributed by atoms with van der Waals surface area (Å²) in [6.07, 6.45) is 1.39. The number of nitrogens with zero attached hydrogens (tertiary/aromatic N) is 1. The van der Waals surface area contributed by atoms with Crippen LogP contribution in [-0.4, -0.2) is 30.8 Å². The van der Waals surface area contributed by atoms with Gasteiger partial charge in [0.1, 0.15) is 6.04 Å². The number of amides is 3. The highest BCUT2D eigenvalue weighted by atomic mass is 16.2. The van der Waals surface area contributed by atoms with Gasteiger partial charge in [-0.3, -0.25) is 19.7 Å². The number of hydrogen-bond donors (Lipinski definition) is 3. The van der Waals surface area contributed by atoms with Crippen LogP contribution in [0.4, 0.5) is 17.1 Å². The molecule has 0 unspecified atom stereocenters. The smallest absolute Gasteiger partial charge is 0.246 e. The van der Waals surface area contributed by atoms with E-state index >= 15 is 0 Å². The van der Waals surface area contributed by atoms with Crippen LogP contribution >= 0.6 is 0 Å². The molecule has 0 aliphatic carbocycles. The number of anilines is 3. The monoisotopic (exact) mass is 442 g/mol. The Morgan fingerprint density at radius 1 is 0.848 bits per heavy atom. The molecule has 7 heteroatoms. The summed E-state index contributed by atoms with van der Waals surface area (Å²) >= 11 is 0. The van der Waals surface area contributed by atoms with E-state index in [-0.39, 0.29) is 24.3 Å². The first-order chi connectivity index (χ1) is 16.1. The van der Waals surface area contributed by atoms with Crippen molar-refractivity contribution in [3.63, 3.8) is 0 Å². The van der Waals surface area contributed by atoms with E-state index in [0.717, 1.165) is 17.7 Å². The van der Waals surface area contributed by atoms with Crippen molar-refractivity contribution in [1.29, 1.82) is 0 Å².